The van der Waals surface area contributed by atoms with Gasteiger partial charge >= 0.3 is 0 Å². The quantitative estimate of drug-likeness (QED) is 0.514. The maximum absolute atomic E-state index is 2.89. The van der Waals surface area contributed by atoms with Gasteiger partial charge in [-0.3, -0.25) is 9.80 Å². The summed E-state index contributed by atoms with van der Waals surface area (Å²) in [4.78, 5) is 5.72. The fourth-order valence-corrected chi connectivity index (χ4v) is 7.21. The Morgan fingerprint density at radius 2 is 1.65 bits per heavy atom. The maximum Gasteiger partial charge on any atom is 0.0491 e. The predicted molar refractivity (Wildman–Crippen MR) is 130 cm³/mol. The first-order valence-electron chi connectivity index (χ1n) is 12.8. The van der Waals surface area contributed by atoms with Crippen molar-refractivity contribution in [3.05, 3.63) is 48.0 Å². The number of piperazine rings is 1. The average Bonchev–Trinajstić information content (AvgIpc) is 3.42. The Hall–Kier alpha value is -1.84. The van der Waals surface area contributed by atoms with Crippen LogP contribution in [-0.2, 0) is 13.1 Å². The van der Waals surface area contributed by atoms with Crippen LogP contribution in [0, 0.1) is 5.92 Å². The second-order valence-corrected chi connectivity index (χ2v) is 10.2. The first-order chi connectivity index (χ1) is 15.3. The summed E-state index contributed by atoms with van der Waals surface area (Å²) >= 11 is 0. The molecular formula is C28H37N3. The zero-order valence-corrected chi connectivity index (χ0v) is 19.1. The van der Waals surface area contributed by atoms with Crippen molar-refractivity contribution in [2.24, 2.45) is 5.92 Å². The molecule has 0 amide bonds. The number of aromatic nitrogens is 1. The van der Waals surface area contributed by atoms with E-state index >= 15 is 0 Å². The molecule has 2 atom stereocenters. The third kappa shape index (κ3) is 3.41. The fraction of sp³-hybridized carbons (Fsp3) is 0.571. The number of hydrogen-bond donors (Lipinski definition) is 0. The number of para-hydroxylation sites is 1. The van der Waals surface area contributed by atoms with E-state index in [9.17, 15) is 0 Å². The van der Waals surface area contributed by atoms with Gasteiger partial charge in [-0.15, -0.1) is 0 Å². The Balaban J connectivity index is 1.34. The molecular weight excluding hydrogens is 378 g/mol. The summed E-state index contributed by atoms with van der Waals surface area (Å²) in [5, 5.41) is 2.84. The van der Waals surface area contributed by atoms with Crippen LogP contribution in [0.3, 0.4) is 0 Å². The number of hydrogen-bond acceptors (Lipinski definition) is 2. The van der Waals surface area contributed by atoms with Gasteiger partial charge in [0.2, 0.25) is 0 Å². The summed E-state index contributed by atoms with van der Waals surface area (Å²) < 4.78 is 2.47. The van der Waals surface area contributed by atoms with E-state index in [4.69, 9.17) is 0 Å². The zero-order valence-electron chi connectivity index (χ0n) is 19.1. The Kier molecular flexibility index (Phi) is 5.28. The minimum Gasteiger partial charge on any atom is -0.341 e. The molecule has 3 nitrogen and oxygen atoms in total. The molecule has 1 aliphatic carbocycles. The van der Waals surface area contributed by atoms with E-state index in [0.29, 0.717) is 0 Å². The highest BCUT2D eigenvalue weighted by Gasteiger charge is 2.42. The number of nitrogens with zero attached hydrogens (tertiary/aromatic N) is 3. The third-order valence-electron chi connectivity index (χ3n) is 8.58. The van der Waals surface area contributed by atoms with Crippen molar-refractivity contribution in [2.45, 2.75) is 77.0 Å². The third-order valence-corrected chi connectivity index (χ3v) is 8.58. The lowest BCUT2D eigenvalue weighted by Gasteiger charge is -2.49. The van der Waals surface area contributed by atoms with Gasteiger partial charge in [0, 0.05) is 60.1 Å². The summed E-state index contributed by atoms with van der Waals surface area (Å²) in [7, 11) is 0. The van der Waals surface area contributed by atoms with Crippen LogP contribution >= 0.6 is 0 Å². The van der Waals surface area contributed by atoms with Crippen LogP contribution in [0.2, 0.25) is 0 Å². The SMILES string of the molecule is CCn1c2ccccc2c2cc(CN3CCN4CCC[C@H]4[C@H]3C3CCCCC3)ccc21. The topological polar surface area (TPSA) is 11.4 Å². The lowest BCUT2D eigenvalue weighted by atomic mass is 9.78. The highest BCUT2D eigenvalue weighted by atomic mass is 15.3. The van der Waals surface area contributed by atoms with E-state index < -0.39 is 0 Å². The lowest BCUT2D eigenvalue weighted by Crippen LogP contribution is -2.59. The van der Waals surface area contributed by atoms with E-state index in [1.54, 1.807) is 0 Å². The van der Waals surface area contributed by atoms with Crippen LogP contribution in [0.4, 0.5) is 0 Å². The molecule has 0 unspecified atom stereocenters. The van der Waals surface area contributed by atoms with Gasteiger partial charge in [-0.25, -0.2) is 0 Å². The van der Waals surface area contributed by atoms with E-state index in [1.165, 1.54) is 91.9 Å². The van der Waals surface area contributed by atoms with Gasteiger partial charge in [-0.05, 0) is 68.8 Å². The Bertz CT molecular complexity index is 1060. The number of fused-ring (bicyclic) bond motifs is 4. The summed E-state index contributed by atoms with van der Waals surface area (Å²) in [6.45, 7) is 8.25. The molecule has 1 aromatic heterocycles. The molecule has 3 fully saturated rings. The van der Waals surface area contributed by atoms with Crippen molar-refractivity contribution in [3.8, 4) is 0 Å². The molecule has 31 heavy (non-hydrogen) atoms. The summed E-state index contributed by atoms with van der Waals surface area (Å²) in [6, 6.07) is 17.8. The highest BCUT2D eigenvalue weighted by Crippen LogP contribution is 2.38. The first kappa shape index (κ1) is 19.8. The number of rotatable bonds is 4. The van der Waals surface area contributed by atoms with Gasteiger partial charge in [0.25, 0.3) is 0 Å². The standard InChI is InChI=1S/C28H37N3/c1-2-31-25-12-7-6-11-23(25)24-19-21(14-15-26(24)31)20-30-18-17-29-16-8-13-27(29)28(30)22-9-4-3-5-10-22/h6-7,11-12,14-15,19,22,27-28H,2-5,8-10,13,16-18,20H2,1H3/t27-,28+/m0/s1. The minimum atomic E-state index is 0.768. The second kappa shape index (κ2) is 8.26. The molecule has 164 valence electrons. The van der Waals surface area contributed by atoms with Crippen LogP contribution in [0.15, 0.2) is 42.5 Å². The molecule has 3 heteroatoms. The zero-order chi connectivity index (χ0) is 20.8. The van der Waals surface area contributed by atoms with E-state index in [2.05, 4.69) is 63.8 Å². The maximum atomic E-state index is 2.89. The van der Waals surface area contributed by atoms with Crippen molar-refractivity contribution < 1.29 is 0 Å². The van der Waals surface area contributed by atoms with Gasteiger partial charge in [0.15, 0.2) is 0 Å². The lowest BCUT2D eigenvalue weighted by molar-refractivity contribution is -0.00377. The van der Waals surface area contributed by atoms with Crippen molar-refractivity contribution in [2.75, 3.05) is 19.6 Å². The van der Waals surface area contributed by atoms with Crippen LogP contribution < -0.4 is 0 Å². The second-order valence-electron chi connectivity index (χ2n) is 10.2. The molecule has 3 aliphatic rings. The predicted octanol–water partition coefficient (Wildman–Crippen LogP) is 6.04. The fourth-order valence-electron chi connectivity index (χ4n) is 7.21. The molecule has 6 rings (SSSR count). The molecule has 2 saturated heterocycles. The summed E-state index contributed by atoms with van der Waals surface area (Å²) in [5.41, 5.74) is 4.26. The van der Waals surface area contributed by atoms with Crippen molar-refractivity contribution in [3.63, 3.8) is 0 Å². The van der Waals surface area contributed by atoms with Gasteiger partial charge in [-0.1, -0.05) is 43.5 Å². The summed E-state index contributed by atoms with van der Waals surface area (Å²) in [5.74, 6) is 0.908. The van der Waals surface area contributed by atoms with E-state index in [-0.39, 0.29) is 0 Å². The van der Waals surface area contributed by atoms with E-state index in [0.717, 1.165) is 31.1 Å². The van der Waals surface area contributed by atoms with Crippen LogP contribution in [0.5, 0.6) is 0 Å². The van der Waals surface area contributed by atoms with Crippen LogP contribution in [0.25, 0.3) is 21.8 Å². The molecule has 0 spiro atoms. The van der Waals surface area contributed by atoms with Crippen LogP contribution in [-0.4, -0.2) is 46.1 Å². The Morgan fingerprint density at radius 1 is 0.806 bits per heavy atom. The smallest absolute Gasteiger partial charge is 0.0491 e. The molecule has 1 saturated carbocycles. The van der Waals surface area contributed by atoms with Crippen molar-refractivity contribution >= 4 is 21.8 Å². The first-order valence-corrected chi connectivity index (χ1v) is 12.8. The van der Waals surface area contributed by atoms with Gasteiger partial charge in [-0.2, -0.15) is 0 Å². The van der Waals surface area contributed by atoms with Gasteiger partial charge in [0.1, 0.15) is 0 Å². The highest BCUT2D eigenvalue weighted by molar-refractivity contribution is 6.08. The van der Waals surface area contributed by atoms with E-state index in [1.807, 2.05) is 0 Å². The molecule has 2 aliphatic heterocycles. The molecule has 0 N–H and O–H groups in total. The van der Waals surface area contributed by atoms with Gasteiger partial charge in [0.05, 0.1) is 0 Å². The Morgan fingerprint density at radius 3 is 2.52 bits per heavy atom. The Labute approximate surface area is 187 Å². The number of aryl methyl sites for hydroxylation is 1. The van der Waals surface area contributed by atoms with Crippen LogP contribution in [0.1, 0.15) is 57.4 Å². The monoisotopic (exact) mass is 415 g/mol. The van der Waals surface area contributed by atoms with Crippen molar-refractivity contribution in [1.82, 2.24) is 14.4 Å². The molecule has 3 heterocycles. The van der Waals surface area contributed by atoms with Crippen molar-refractivity contribution in [1.29, 1.82) is 0 Å². The molecule has 0 bridgehead atoms. The minimum absolute atomic E-state index is 0.768. The molecule has 2 aromatic carbocycles. The average molecular weight is 416 g/mol. The number of benzene rings is 2. The van der Waals surface area contributed by atoms with Gasteiger partial charge < -0.3 is 4.57 Å². The normalized spacial score (nSPS) is 26.1. The summed E-state index contributed by atoms with van der Waals surface area (Å²) in [6.07, 6.45) is 10.1. The molecule has 0 radical (unpaired) electrons. The largest absolute Gasteiger partial charge is 0.341 e. The molecule has 3 aromatic rings.